The Morgan fingerprint density at radius 2 is 1.85 bits per heavy atom. The summed E-state index contributed by atoms with van der Waals surface area (Å²) in [6.45, 7) is 0. The number of thioether (sulfide) groups is 1. The van der Waals surface area contributed by atoms with Gasteiger partial charge in [-0.2, -0.15) is 0 Å². The van der Waals surface area contributed by atoms with Gasteiger partial charge in [-0.1, -0.05) is 53.2 Å². The molecule has 5 aromatic rings. The van der Waals surface area contributed by atoms with Crippen molar-refractivity contribution in [2.24, 2.45) is 0 Å². The number of carbonyl (C=O) groups excluding carboxylic acids is 1. The number of carbonyl (C=O) groups is 1. The third-order valence-electron chi connectivity index (χ3n) is 5.07. The fraction of sp³-hybridized carbons (Fsp3) is 0.0833. The van der Waals surface area contributed by atoms with Crippen LogP contribution in [0.4, 0.5) is 0 Å². The average molecular weight is 512 g/mol. The second-order valence-corrected chi connectivity index (χ2v) is 9.95. The van der Waals surface area contributed by atoms with Crippen LogP contribution in [0.3, 0.4) is 0 Å². The van der Waals surface area contributed by atoms with Crippen molar-refractivity contribution in [2.75, 3.05) is 5.75 Å². The van der Waals surface area contributed by atoms with Crippen molar-refractivity contribution >= 4 is 73.2 Å². The summed E-state index contributed by atoms with van der Waals surface area (Å²) in [4.78, 5) is 35.0. The minimum Gasteiger partial charge on any atom is -0.298 e. The van der Waals surface area contributed by atoms with Gasteiger partial charge in [-0.25, -0.2) is 9.97 Å². The molecule has 2 aromatic heterocycles. The van der Waals surface area contributed by atoms with Crippen LogP contribution in [-0.2, 0) is 11.2 Å². The quantitative estimate of drug-likeness (QED) is 0.200. The number of ketones is 1. The molecule has 0 atom stereocenters. The van der Waals surface area contributed by atoms with Crippen LogP contribution in [-0.4, -0.2) is 26.1 Å². The lowest BCUT2D eigenvalue weighted by Crippen LogP contribution is -2.22. The number of benzene rings is 3. The third kappa shape index (κ3) is 4.54. The fourth-order valence-corrected chi connectivity index (χ4v) is 5.40. The molecule has 0 saturated heterocycles. The number of aromatic nitrogens is 3. The molecule has 0 amide bonds. The van der Waals surface area contributed by atoms with Gasteiger partial charge in [-0.15, -0.1) is 11.3 Å². The molecule has 0 fully saturated rings. The second kappa shape index (κ2) is 9.27. The van der Waals surface area contributed by atoms with Crippen LogP contribution in [0.2, 0.25) is 10.0 Å². The van der Waals surface area contributed by atoms with Gasteiger partial charge in [0.1, 0.15) is 5.78 Å². The van der Waals surface area contributed by atoms with Crippen LogP contribution in [0.15, 0.2) is 76.1 Å². The second-order valence-electron chi connectivity index (χ2n) is 7.31. The SMILES string of the molecule is O=C(CSc1nc2ccccc2c(=O)n1-c1ccc(Cl)c(Cl)c1)Cc1ccc2ncsc2c1. The Kier molecular flexibility index (Phi) is 6.21. The van der Waals surface area contributed by atoms with Gasteiger partial charge in [0.25, 0.3) is 5.56 Å². The molecule has 164 valence electrons. The van der Waals surface area contributed by atoms with E-state index in [0.29, 0.717) is 38.2 Å². The summed E-state index contributed by atoms with van der Waals surface area (Å²) >= 11 is 15.0. The molecule has 0 aliphatic heterocycles. The molecule has 5 nitrogen and oxygen atoms in total. The topological polar surface area (TPSA) is 64.8 Å². The molecule has 0 spiro atoms. The van der Waals surface area contributed by atoms with E-state index >= 15 is 0 Å². The number of halogens is 2. The standard InChI is InChI=1S/C24H15Cl2N3O2S2/c25-18-7-6-15(11-19(18)26)29-23(31)17-3-1-2-4-20(17)28-24(29)32-12-16(30)9-14-5-8-21-22(10-14)33-13-27-21/h1-8,10-11,13H,9,12H2. The number of rotatable bonds is 6. The first-order valence-corrected chi connectivity index (χ1v) is 12.6. The maximum atomic E-state index is 13.3. The maximum Gasteiger partial charge on any atom is 0.266 e. The lowest BCUT2D eigenvalue weighted by atomic mass is 10.1. The van der Waals surface area contributed by atoms with Gasteiger partial charge in [0.05, 0.1) is 48.1 Å². The van der Waals surface area contributed by atoms with Gasteiger partial charge in [0, 0.05) is 6.42 Å². The fourth-order valence-electron chi connectivity index (χ4n) is 3.49. The van der Waals surface area contributed by atoms with E-state index in [1.807, 2.05) is 24.3 Å². The molecule has 0 aliphatic rings. The van der Waals surface area contributed by atoms with E-state index in [9.17, 15) is 9.59 Å². The smallest absolute Gasteiger partial charge is 0.266 e. The zero-order valence-corrected chi connectivity index (χ0v) is 20.1. The molecule has 0 aliphatic carbocycles. The molecule has 0 N–H and O–H groups in total. The number of Topliss-reactive ketones (excluding diaryl/α,β-unsaturated/α-hetero) is 1. The number of thiazole rings is 1. The Labute approximate surface area is 207 Å². The first-order chi connectivity index (χ1) is 16.0. The largest absolute Gasteiger partial charge is 0.298 e. The predicted octanol–water partition coefficient (Wildman–Crippen LogP) is 6.21. The summed E-state index contributed by atoms with van der Waals surface area (Å²) in [6.07, 6.45) is 0.297. The highest BCUT2D eigenvalue weighted by molar-refractivity contribution is 7.99. The Hall–Kier alpha value is -2.71. The van der Waals surface area contributed by atoms with E-state index in [1.165, 1.54) is 16.3 Å². The van der Waals surface area contributed by atoms with E-state index in [4.69, 9.17) is 23.2 Å². The predicted molar refractivity (Wildman–Crippen MR) is 136 cm³/mol. The molecule has 33 heavy (non-hydrogen) atoms. The molecule has 3 aromatic carbocycles. The van der Waals surface area contributed by atoms with E-state index in [2.05, 4.69) is 9.97 Å². The van der Waals surface area contributed by atoms with Crippen molar-refractivity contribution in [1.82, 2.24) is 14.5 Å². The van der Waals surface area contributed by atoms with Crippen molar-refractivity contribution < 1.29 is 4.79 Å². The summed E-state index contributed by atoms with van der Waals surface area (Å²) in [5.41, 5.74) is 4.54. The van der Waals surface area contributed by atoms with Gasteiger partial charge < -0.3 is 0 Å². The molecule has 0 radical (unpaired) electrons. The molecular weight excluding hydrogens is 497 g/mol. The highest BCUT2D eigenvalue weighted by atomic mass is 35.5. The zero-order valence-electron chi connectivity index (χ0n) is 17.0. The van der Waals surface area contributed by atoms with E-state index in [0.717, 1.165) is 15.8 Å². The summed E-state index contributed by atoms with van der Waals surface area (Å²) in [7, 11) is 0. The van der Waals surface area contributed by atoms with Gasteiger partial charge in [-0.05, 0) is 48.0 Å². The van der Waals surface area contributed by atoms with Crippen molar-refractivity contribution in [3.8, 4) is 5.69 Å². The minimum atomic E-state index is -0.232. The monoisotopic (exact) mass is 511 g/mol. The van der Waals surface area contributed by atoms with Crippen LogP contribution in [0.1, 0.15) is 5.56 Å². The average Bonchev–Trinajstić information content (AvgIpc) is 3.28. The molecule has 0 saturated carbocycles. The number of hydrogen-bond acceptors (Lipinski definition) is 6. The molecule has 0 bridgehead atoms. The van der Waals surface area contributed by atoms with Crippen LogP contribution >= 0.6 is 46.3 Å². The number of hydrogen-bond donors (Lipinski definition) is 0. The Morgan fingerprint density at radius 3 is 2.70 bits per heavy atom. The van der Waals surface area contributed by atoms with Gasteiger partial charge >= 0.3 is 0 Å². The van der Waals surface area contributed by atoms with Crippen LogP contribution in [0, 0.1) is 0 Å². The van der Waals surface area contributed by atoms with Crippen molar-refractivity contribution in [2.45, 2.75) is 11.6 Å². The number of fused-ring (bicyclic) bond motifs is 2. The van der Waals surface area contributed by atoms with Crippen LogP contribution in [0.5, 0.6) is 0 Å². The third-order valence-corrected chi connectivity index (χ3v) is 7.59. The van der Waals surface area contributed by atoms with Gasteiger partial charge in [-0.3, -0.25) is 14.2 Å². The lowest BCUT2D eigenvalue weighted by molar-refractivity contribution is -0.116. The molecule has 9 heteroatoms. The Bertz CT molecular complexity index is 1580. The van der Waals surface area contributed by atoms with Crippen LogP contribution in [0.25, 0.3) is 26.8 Å². The van der Waals surface area contributed by atoms with Crippen molar-refractivity contribution in [1.29, 1.82) is 0 Å². The number of nitrogens with zero attached hydrogens (tertiary/aromatic N) is 3. The first-order valence-electron chi connectivity index (χ1n) is 9.93. The minimum absolute atomic E-state index is 0.0342. The lowest BCUT2D eigenvalue weighted by Gasteiger charge is -2.13. The van der Waals surface area contributed by atoms with E-state index < -0.39 is 0 Å². The Morgan fingerprint density at radius 1 is 1.00 bits per heavy atom. The molecule has 0 unspecified atom stereocenters. The highest BCUT2D eigenvalue weighted by Crippen LogP contribution is 2.27. The van der Waals surface area contributed by atoms with Crippen molar-refractivity contribution in [3.05, 3.63) is 92.1 Å². The molecule has 2 heterocycles. The zero-order chi connectivity index (χ0) is 22.9. The summed E-state index contributed by atoms with van der Waals surface area (Å²) in [5, 5.41) is 1.63. The van der Waals surface area contributed by atoms with E-state index in [-0.39, 0.29) is 17.1 Å². The van der Waals surface area contributed by atoms with Crippen LogP contribution < -0.4 is 5.56 Å². The molecular formula is C24H15Cl2N3O2S2. The molecule has 5 rings (SSSR count). The first kappa shape index (κ1) is 22.1. The van der Waals surface area contributed by atoms with Crippen molar-refractivity contribution in [3.63, 3.8) is 0 Å². The Balaban J connectivity index is 1.46. The highest BCUT2D eigenvalue weighted by Gasteiger charge is 2.16. The van der Waals surface area contributed by atoms with Gasteiger partial charge in [0.15, 0.2) is 5.16 Å². The van der Waals surface area contributed by atoms with E-state index in [1.54, 1.807) is 53.2 Å². The summed E-state index contributed by atoms with van der Waals surface area (Å²) < 4.78 is 2.53. The number of para-hydroxylation sites is 1. The van der Waals surface area contributed by atoms with Gasteiger partial charge in [0.2, 0.25) is 0 Å². The normalized spacial score (nSPS) is 11.3. The summed E-state index contributed by atoms with van der Waals surface area (Å²) in [5.74, 6) is 0.208. The maximum absolute atomic E-state index is 13.3. The summed E-state index contributed by atoms with van der Waals surface area (Å²) in [6, 6.07) is 17.9.